The molecule has 1 unspecified atom stereocenters. The molecule has 0 saturated carbocycles. The summed E-state index contributed by atoms with van der Waals surface area (Å²) < 4.78 is 3.20. The van der Waals surface area contributed by atoms with E-state index < -0.39 is 0 Å². The fraction of sp³-hybridized carbons (Fsp3) is 0.471. The van der Waals surface area contributed by atoms with Crippen LogP contribution in [0.15, 0.2) is 34.8 Å². The number of halogens is 1. The highest BCUT2D eigenvalue weighted by Gasteiger charge is 2.12. The summed E-state index contributed by atoms with van der Waals surface area (Å²) in [7, 11) is 0. The van der Waals surface area contributed by atoms with E-state index in [2.05, 4.69) is 75.2 Å². The molecule has 1 N–H and O–H groups in total. The van der Waals surface area contributed by atoms with Crippen LogP contribution in [-0.4, -0.2) is 15.8 Å². The molecule has 1 aromatic heterocycles. The average molecular weight is 350 g/mol. The molecule has 0 aliphatic rings. The number of nitrogens with one attached hydrogen (secondary N) is 1. The van der Waals surface area contributed by atoms with Crippen molar-refractivity contribution in [1.29, 1.82) is 0 Å². The van der Waals surface area contributed by atoms with E-state index in [1.54, 1.807) is 0 Å². The first kappa shape index (κ1) is 16.2. The van der Waals surface area contributed by atoms with Crippen molar-refractivity contribution in [3.63, 3.8) is 0 Å². The van der Waals surface area contributed by atoms with Gasteiger partial charge < -0.3 is 5.32 Å². The predicted molar refractivity (Wildman–Crippen MR) is 91.4 cm³/mol. The molecule has 4 heteroatoms. The Morgan fingerprint density at radius 3 is 2.67 bits per heavy atom. The lowest BCUT2D eigenvalue weighted by Crippen LogP contribution is -2.27. The van der Waals surface area contributed by atoms with Crippen molar-refractivity contribution < 1.29 is 0 Å². The van der Waals surface area contributed by atoms with Gasteiger partial charge in [-0.15, -0.1) is 0 Å². The summed E-state index contributed by atoms with van der Waals surface area (Å²) in [6.45, 7) is 8.17. The SMILES string of the molecule is CCn1nc(C)c(Br)c1CNC(C)CCc1ccccc1. The summed E-state index contributed by atoms with van der Waals surface area (Å²) >= 11 is 3.64. The molecule has 0 radical (unpaired) electrons. The molecular formula is C17H24BrN3. The summed E-state index contributed by atoms with van der Waals surface area (Å²) in [5.74, 6) is 0. The lowest BCUT2D eigenvalue weighted by Gasteiger charge is -2.14. The Morgan fingerprint density at radius 1 is 1.29 bits per heavy atom. The largest absolute Gasteiger partial charge is 0.309 e. The van der Waals surface area contributed by atoms with Crippen LogP contribution < -0.4 is 5.32 Å². The van der Waals surface area contributed by atoms with Crippen molar-refractivity contribution in [3.8, 4) is 0 Å². The van der Waals surface area contributed by atoms with Crippen LogP contribution in [0.25, 0.3) is 0 Å². The lowest BCUT2D eigenvalue weighted by molar-refractivity contribution is 0.491. The van der Waals surface area contributed by atoms with E-state index in [4.69, 9.17) is 0 Å². The Kier molecular flexibility index (Phi) is 6.00. The summed E-state index contributed by atoms with van der Waals surface area (Å²) in [5, 5.41) is 8.14. The van der Waals surface area contributed by atoms with E-state index in [0.29, 0.717) is 6.04 Å². The summed E-state index contributed by atoms with van der Waals surface area (Å²) in [6, 6.07) is 11.1. The second-order valence-corrected chi connectivity index (χ2v) is 6.26. The Morgan fingerprint density at radius 2 is 2.00 bits per heavy atom. The van der Waals surface area contributed by atoms with Crippen LogP contribution in [0.3, 0.4) is 0 Å². The van der Waals surface area contributed by atoms with Gasteiger partial charge >= 0.3 is 0 Å². The molecule has 2 aromatic rings. The first-order valence-corrected chi connectivity index (χ1v) is 8.40. The zero-order chi connectivity index (χ0) is 15.2. The number of benzene rings is 1. The van der Waals surface area contributed by atoms with Crippen molar-refractivity contribution in [2.75, 3.05) is 0 Å². The normalized spacial score (nSPS) is 12.6. The van der Waals surface area contributed by atoms with Crippen LogP contribution in [0.5, 0.6) is 0 Å². The van der Waals surface area contributed by atoms with Gasteiger partial charge in [0.25, 0.3) is 0 Å². The Balaban J connectivity index is 1.85. The molecule has 0 fully saturated rings. The third-order valence-corrected chi connectivity index (χ3v) is 4.81. The van der Waals surface area contributed by atoms with Crippen LogP contribution >= 0.6 is 15.9 Å². The van der Waals surface area contributed by atoms with Gasteiger partial charge in [-0.2, -0.15) is 5.10 Å². The molecule has 0 aliphatic carbocycles. The van der Waals surface area contributed by atoms with Crippen LogP contribution in [0.2, 0.25) is 0 Å². The highest BCUT2D eigenvalue weighted by atomic mass is 79.9. The molecule has 2 rings (SSSR count). The molecule has 21 heavy (non-hydrogen) atoms. The number of hydrogen-bond acceptors (Lipinski definition) is 2. The number of nitrogens with zero attached hydrogens (tertiary/aromatic N) is 2. The summed E-state index contributed by atoms with van der Waals surface area (Å²) in [4.78, 5) is 0. The minimum absolute atomic E-state index is 0.484. The van der Waals surface area contributed by atoms with Crippen LogP contribution in [-0.2, 0) is 19.5 Å². The maximum atomic E-state index is 4.53. The predicted octanol–water partition coefficient (Wildman–Crippen LogP) is 4.08. The average Bonchev–Trinajstić information content (AvgIpc) is 2.79. The maximum absolute atomic E-state index is 4.53. The van der Waals surface area contributed by atoms with Gasteiger partial charge in [-0.1, -0.05) is 30.3 Å². The van der Waals surface area contributed by atoms with Crippen LogP contribution in [0, 0.1) is 6.92 Å². The van der Waals surface area contributed by atoms with E-state index in [9.17, 15) is 0 Å². The molecule has 0 aliphatic heterocycles. The first-order valence-electron chi connectivity index (χ1n) is 7.61. The van der Waals surface area contributed by atoms with Crippen LogP contribution in [0.1, 0.15) is 37.2 Å². The van der Waals surface area contributed by atoms with Gasteiger partial charge in [0.15, 0.2) is 0 Å². The van der Waals surface area contributed by atoms with Gasteiger partial charge in [0.2, 0.25) is 0 Å². The standard InChI is InChI=1S/C17H24BrN3/c1-4-21-16(17(18)14(3)20-21)12-19-13(2)10-11-15-8-6-5-7-9-15/h5-9,13,19H,4,10-12H2,1-3H3. The van der Waals surface area contributed by atoms with E-state index in [0.717, 1.165) is 36.1 Å². The maximum Gasteiger partial charge on any atom is 0.0739 e. The minimum atomic E-state index is 0.484. The molecule has 0 bridgehead atoms. The molecule has 114 valence electrons. The zero-order valence-corrected chi connectivity index (χ0v) is 14.7. The summed E-state index contributed by atoms with van der Waals surface area (Å²) in [5.41, 5.74) is 3.70. The first-order chi connectivity index (χ1) is 10.1. The fourth-order valence-corrected chi connectivity index (χ4v) is 2.86. The second-order valence-electron chi connectivity index (χ2n) is 5.47. The Labute approximate surface area is 135 Å². The molecule has 1 aromatic carbocycles. The second kappa shape index (κ2) is 7.76. The molecule has 3 nitrogen and oxygen atoms in total. The van der Waals surface area contributed by atoms with Crippen molar-refractivity contribution in [2.45, 2.75) is 52.7 Å². The number of rotatable bonds is 7. The van der Waals surface area contributed by atoms with Crippen LogP contribution in [0.4, 0.5) is 0 Å². The molecule has 1 atom stereocenters. The summed E-state index contributed by atoms with van der Waals surface area (Å²) in [6.07, 6.45) is 2.25. The van der Waals surface area contributed by atoms with E-state index in [1.165, 1.54) is 11.3 Å². The monoisotopic (exact) mass is 349 g/mol. The third-order valence-electron chi connectivity index (χ3n) is 3.78. The van der Waals surface area contributed by atoms with Crippen molar-refractivity contribution in [3.05, 3.63) is 51.8 Å². The van der Waals surface area contributed by atoms with Crippen molar-refractivity contribution >= 4 is 15.9 Å². The minimum Gasteiger partial charge on any atom is -0.309 e. The van der Waals surface area contributed by atoms with E-state index >= 15 is 0 Å². The van der Waals surface area contributed by atoms with Gasteiger partial charge in [0, 0.05) is 19.1 Å². The third kappa shape index (κ3) is 4.42. The van der Waals surface area contributed by atoms with Gasteiger partial charge in [-0.3, -0.25) is 4.68 Å². The molecular weight excluding hydrogens is 326 g/mol. The molecule has 0 spiro atoms. The van der Waals surface area contributed by atoms with Crippen molar-refractivity contribution in [2.24, 2.45) is 0 Å². The van der Waals surface area contributed by atoms with E-state index in [-0.39, 0.29) is 0 Å². The fourth-order valence-electron chi connectivity index (χ4n) is 2.44. The number of hydrogen-bond donors (Lipinski definition) is 1. The van der Waals surface area contributed by atoms with E-state index in [1.807, 2.05) is 6.92 Å². The zero-order valence-electron chi connectivity index (χ0n) is 13.1. The van der Waals surface area contributed by atoms with Crippen molar-refractivity contribution in [1.82, 2.24) is 15.1 Å². The molecule has 0 saturated heterocycles. The highest BCUT2D eigenvalue weighted by Crippen LogP contribution is 2.21. The lowest BCUT2D eigenvalue weighted by atomic mass is 10.1. The Hall–Kier alpha value is -1.13. The quantitative estimate of drug-likeness (QED) is 0.815. The van der Waals surface area contributed by atoms with Gasteiger partial charge in [0.1, 0.15) is 0 Å². The highest BCUT2D eigenvalue weighted by molar-refractivity contribution is 9.10. The molecule has 1 heterocycles. The van der Waals surface area contributed by atoms with Gasteiger partial charge in [-0.25, -0.2) is 0 Å². The molecule has 0 amide bonds. The number of aromatic nitrogens is 2. The topological polar surface area (TPSA) is 29.9 Å². The van der Waals surface area contributed by atoms with Gasteiger partial charge in [0.05, 0.1) is 15.9 Å². The van der Waals surface area contributed by atoms with Gasteiger partial charge in [-0.05, 0) is 55.1 Å². The Bertz CT molecular complexity index is 563. The number of aryl methyl sites for hydroxylation is 3. The smallest absolute Gasteiger partial charge is 0.0739 e.